The summed E-state index contributed by atoms with van der Waals surface area (Å²) in [5.74, 6) is 0.215. The molecule has 2 aliphatic carbocycles. The third kappa shape index (κ3) is 4.18. The number of hydrogen-bond donors (Lipinski definition) is 3. The molecule has 0 aromatic carbocycles. The van der Waals surface area contributed by atoms with E-state index in [-0.39, 0.29) is 5.92 Å². The zero-order valence-electron chi connectivity index (χ0n) is 11.7. The van der Waals surface area contributed by atoms with Crippen LogP contribution in [0.2, 0.25) is 0 Å². The molecule has 0 heterocycles. The van der Waals surface area contributed by atoms with Crippen molar-refractivity contribution in [2.45, 2.75) is 57.4 Å². The summed E-state index contributed by atoms with van der Waals surface area (Å²) < 4.78 is 0. The number of aliphatic carboxylic acids is 1. The SMILES string of the molecule is O=C(O)C1CCCC(NCC2CCCCC2CO)C1. The smallest absolute Gasteiger partial charge is 0.306 e. The van der Waals surface area contributed by atoms with Crippen LogP contribution in [-0.2, 0) is 4.79 Å². The minimum absolute atomic E-state index is 0.161. The predicted octanol–water partition coefficient (Wildman–Crippen LogP) is 2.02. The van der Waals surface area contributed by atoms with Gasteiger partial charge in [0.1, 0.15) is 0 Å². The van der Waals surface area contributed by atoms with E-state index in [2.05, 4.69) is 5.32 Å². The third-order valence-corrected chi connectivity index (χ3v) is 4.99. The molecule has 2 saturated carbocycles. The van der Waals surface area contributed by atoms with Crippen molar-refractivity contribution in [1.82, 2.24) is 5.32 Å². The molecule has 0 aliphatic heterocycles. The number of aliphatic hydroxyl groups is 1. The van der Waals surface area contributed by atoms with Gasteiger partial charge in [0.2, 0.25) is 0 Å². The molecular formula is C15H27NO3. The Labute approximate surface area is 115 Å². The maximum absolute atomic E-state index is 11.0. The number of hydrogen-bond acceptors (Lipinski definition) is 3. The monoisotopic (exact) mass is 269 g/mol. The molecule has 0 aromatic rings. The van der Waals surface area contributed by atoms with Crippen LogP contribution in [0.25, 0.3) is 0 Å². The van der Waals surface area contributed by atoms with Gasteiger partial charge in [-0.25, -0.2) is 0 Å². The summed E-state index contributed by atoms with van der Waals surface area (Å²) in [7, 11) is 0. The number of carboxylic acid groups (broad SMARTS) is 1. The van der Waals surface area contributed by atoms with Crippen LogP contribution in [0.5, 0.6) is 0 Å². The van der Waals surface area contributed by atoms with Crippen LogP contribution in [0.4, 0.5) is 0 Å². The van der Waals surface area contributed by atoms with Gasteiger partial charge < -0.3 is 15.5 Å². The van der Waals surface area contributed by atoms with Crippen LogP contribution in [0, 0.1) is 17.8 Å². The van der Waals surface area contributed by atoms with Gasteiger partial charge in [-0.15, -0.1) is 0 Å². The Balaban J connectivity index is 1.76. The summed E-state index contributed by atoms with van der Waals surface area (Å²) in [6.45, 7) is 1.25. The Morgan fingerprint density at radius 3 is 2.47 bits per heavy atom. The van der Waals surface area contributed by atoms with Crippen LogP contribution >= 0.6 is 0 Å². The molecule has 2 rings (SSSR count). The minimum atomic E-state index is -0.641. The highest BCUT2D eigenvalue weighted by Gasteiger charge is 2.29. The molecule has 0 aromatic heterocycles. The molecule has 4 heteroatoms. The van der Waals surface area contributed by atoms with E-state index in [9.17, 15) is 9.90 Å². The highest BCUT2D eigenvalue weighted by atomic mass is 16.4. The number of carbonyl (C=O) groups is 1. The zero-order chi connectivity index (χ0) is 13.7. The molecule has 19 heavy (non-hydrogen) atoms. The average Bonchev–Trinajstić information content (AvgIpc) is 2.45. The lowest BCUT2D eigenvalue weighted by Gasteiger charge is -2.33. The first-order valence-corrected chi connectivity index (χ1v) is 7.77. The van der Waals surface area contributed by atoms with Gasteiger partial charge in [-0.05, 0) is 50.5 Å². The highest BCUT2D eigenvalue weighted by Crippen LogP contribution is 2.30. The van der Waals surface area contributed by atoms with Crippen molar-refractivity contribution in [1.29, 1.82) is 0 Å². The fourth-order valence-corrected chi connectivity index (χ4v) is 3.71. The lowest BCUT2D eigenvalue weighted by molar-refractivity contribution is -0.143. The van der Waals surface area contributed by atoms with E-state index in [0.717, 1.165) is 38.6 Å². The number of nitrogens with one attached hydrogen (secondary N) is 1. The molecule has 110 valence electrons. The van der Waals surface area contributed by atoms with Crippen molar-refractivity contribution in [2.75, 3.05) is 13.2 Å². The molecule has 4 nitrogen and oxygen atoms in total. The number of carboxylic acids is 1. The van der Waals surface area contributed by atoms with Crippen LogP contribution in [-0.4, -0.2) is 35.4 Å². The number of aliphatic hydroxyl groups excluding tert-OH is 1. The Morgan fingerprint density at radius 1 is 1.05 bits per heavy atom. The minimum Gasteiger partial charge on any atom is -0.481 e. The quantitative estimate of drug-likeness (QED) is 0.714. The molecular weight excluding hydrogens is 242 g/mol. The molecule has 0 radical (unpaired) electrons. The first kappa shape index (κ1) is 14.8. The zero-order valence-corrected chi connectivity index (χ0v) is 11.7. The second-order valence-electron chi connectivity index (χ2n) is 6.29. The maximum Gasteiger partial charge on any atom is 0.306 e. The topological polar surface area (TPSA) is 69.6 Å². The van der Waals surface area contributed by atoms with Gasteiger partial charge >= 0.3 is 5.97 Å². The van der Waals surface area contributed by atoms with Crippen molar-refractivity contribution >= 4 is 5.97 Å². The largest absolute Gasteiger partial charge is 0.481 e. The second-order valence-corrected chi connectivity index (χ2v) is 6.29. The second kappa shape index (κ2) is 7.25. The summed E-state index contributed by atoms with van der Waals surface area (Å²) in [6.07, 6.45) is 8.57. The lowest BCUT2D eigenvalue weighted by atomic mass is 9.79. The van der Waals surface area contributed by atoms with Crippen LogP contribution in [0.3, 0.4) is 0 Å². The fraction of sp³-hybridized carbons (Fsp3) is 0.933. The molecule has 2 aliphatic rings. The normalized spacial score (nSPS) is 36.1. The standard InChI is InChI=1S/C15H27NO3/c17-10-13-5-2-1-4-12(13)9-16-14-7-3-6-11(8-14)15(18)19/h11-14,16-17H,1-10H2,(H,18,19). The predicted molar refractivity (Wildman–Crippen MR) is 73.9 cm³/mol. The van der Waals surface area contributed by atoms with Crippen LogP contribution in [0.1, 0.15) is 51.4 Å². The number of rotatable bonds is 5. The van der Waals surface area contributed by atoms with Gasteiger partial charge in [0.25, 0.3) is 0 Å². The van der Waals surface area contributed by atoms with Crippen molar-refractivity contribution in [3.63, 3.8) is 0 Å². The molecule has 0 saturated heterocycles. The Morgan fingerprint density at radius 2 is 1.79 bits per heavy atom. The van der Waals surface area contributed by atoms with Crippen LogP contribution < -0.4 is 5.32 Å². The molecule has 4 atom stereocenters. The van der Waals surface area contributed by atoms with Crippen molar-refractivity contribution < 1.29 is 15.0 Å². The van der Waals surface area contributed by atoms with E-state index in [4.69, 9.17) is 5.11 Å². The van der Waals surface area contributed by atoms with E-state index >= 15 is 0 Å². The molecule has 2 fully saturated rings. The lowest BCUT2D eigenvalue weighted by Crippen LogP contribution is -2.41. The maximum atomic E-state index is 11.0. The van der Waals surface area contributed by atoms with Crippen molar-refractivity contribution in [3.05, 3.63) is 0 Å². The highest BCUT2D eigenvalue weighted by molar-refractivity contribution is 5.70. The first-order valence-electron chi connectivity index (χ1n) is 7.77. The van der Waals surface area contributed by atoms with E-state index in [0.29, 0.717) is 24.5 Å². The van der Waals surface area contributed by atoms with Crippen molar-refractivity contribution in [2.24, 2.45) is 17.8 Å². The summed E-state index contributed by atoms with van der Waals surface area (Å²) >= 11 is 0. The van der Waals surface area contributed by atoms with Gasteiger partial charge in [-0.3, -0.25) is 4.79 Å². The van der Waals surface area contributed by atoms with E-state index in [1.807, 2.05) is 0 Å². The van der Waals surface area contributed by atoms with Gasteiger partial charge in [0, 0.05) is 12.6 Å². The fourth-order valence-electron chi connectivity index (χ4n) is 3.71. The summed E-state index contributed by atoms with van der Waals surface area (Å²) in [5.41, 5.74) is 0. The summed E-state index contributed by atoms with van der Waals surface area (Å²) in [5, 5.41) is 22.1. The Bertz CT molecular complexity index is 295. The molecule has 0 amide bonds. The van der Waals surface area contributed by atoms with E-state index < -0.39 is 5.97 Å². The molecule has 4 unspecified atom stereocenters. The Kier molecular flexibility index (Phi) is 5.64. The molecule has 0 bridgehead atoms. The first-order chi connectivity index (χ1) is 9.20. The average molecular weight is 269 g/mol. The van der Waals surface area contributed by atoms with Gasteiger partial charge in [0.15, 0.2) is 0 Å². The van der Waals surface area contributed by atoms with Gasteiger partial charge in [-0.2, -0.15) is 0 Å². The van der Waals surface area contributed by atoms with Crippen molar-refractivity contribution in [3.8, 4) is 0 Å². The van der Waals surface area contributed by atoms with E-state index in [1.54, 1.807) is 0 Å². The summed E-state index contributed by atoms with van der Waals surface area (Å²) in [6, 6.07) is 0.358. The summed E-state index contributed by atoms with van der Waals surface area (Å²) in [4.78, 5) is 11.0. The third-order valence-electron chi connectivity index (χ3n) is 4.99. The van der Waals surface area contributed by atoms with Crippen LogP contribution in [0.15, 0.2) is 0 Å². The molecule has 0 spiro atoms. The van der Waals surface area contributed by atoms with Gasteiger partial charge in [-0.1, -0.05) is 19.3 Å². The molecule has 3 N–H and O–H groups in total. The Hall–Kier alpha value is -0.610. The van der Waals surface area contributed by atoms with E-state index in [1.165, 1.54) is 19.3 Å². The van der Waals surface area contributed by atoms with Gasteiger partial charge in [0.05, 0.1) is 5.92 Å².